The van der Waals surface area contributed by atoms with E-state index in [1.54, 1.807) is 0 Å². The van der Waals surface area contributed by atoms with E-state index in [1.807, 2.05) is 0 Å². The molecule has 0 aliphatic carbocycles. The molecule has 0 radical (unpaired) electrons. The number of ether oxygens (including phenoxy) is 1. The van der Waals surface area contributed by atoms with Crippen molar-refractivity contribution >= 4 is 18.4 Å². The van der Waals surface area contributed by atoms with Gasteiger partial charge in [-0.15, -0.1) is 12.4 Å². The van der Waals surface area contributed by atoms with Crippen LogP contribution < -0.4 is 5.32 Å². The van der Waals surface area contributed by atoms with Gasteiger partial charge in [-0.25, -0.2) is 0 Å². The fourth-order valence-electron chi connectivity index (χ4n) is 2.49. The summed E-state index contributed by atoms with van der Waals surface area (Å²) in [5.74, 6) is 0.510. The molecule has 0 unspecified atom stereocenters. The second-order valence-electron chi connectivity index (χ2n) is 5.13. The Morgan fingerprint density at radius 1 is 1.38 bits per heavy atom. The summed E-state index contributed by atoms with van der Waals surface area (Å²) in [6, 6.07) is 0. The highest BCUT2D eigenvalue weighted by Gasteiger charge is 2.33. The van der Waals surface area contributed by atoms with Crippen LogP contribution >= 0.6 is 12.4 Å². The van der Waals surface area contributed by atoms with Crippen molar-refractivity contribution < 1.29 is 9.53 Å². The molecule has 1 fully saturated rings. The first-order chi connectivity index (χ1) is 7.04. The number of nitrogens with one attached hydrogen (secondary N) is 1. The van der Waals surface area contributed by atoms with Crippen molar-refractivity contribution in [3.63, 3.8) is 0 Å². The van der Waals surface area contributed by atoms with Crippen molar-refractivity contribution in [2.24, 2.45) is 11.3 Å². The topological polar surface area (TPSA) is 38.3 Å². The number of piperidine rings is 1. The molecule has 1 saturated heterocycles. The molecule has 1 N–H and O–H groups in total. The van der Waals surface area contributed by atoms with Crippen LogP contribution in [0.5, 0.6) is 0 Å². The van der Waals surface area contributed by atoms with E-state index >= 15 is 0 Å². The highest BCUT2D eigenvalue weighted by molar-refractivity contribution is 5.85. The number of rotatable bonds is 4. The molecule has 0 spiro atoms. The number of carbonyl (C=O) groups excluding carboxylic acids is 1. The van der Waals surface area contributed by atoms with Gasteiger partial charge in [-0.2, -0.15) is 0 Å². The number of hydrogen-bond donors (Lipinski definition) is 1. The monoisotopic (exact) mass is 249 g/mol. The third kappa shape index (κ3) is 5.17. The van der Waals surface area contributed by atoms with Crippen LogP contribution in [0.25, 0.3) is 0 Å². The predicted molar refractivity (Wildman–Crippen MR) is 67.9 cm³/mol. The maximum Gasteiger partial charge on any atom is 0.302 e. The zero-order valence-electron chi connectivity index (χ0n) is 10.5. The van der Waals surface area contributed by atoms with E-state index in [0.29, 0.717) is 12.5 Å². The molecular weight excluding hydrogens is 226 g/mol. The van der Waals surface area contributed by atoms with E-state index in [0.717, 1.165) is 32.4 Å². The van der Waals surface area contributed by atoms with Crippen LogP contribution in [-0.4, -0.2) is 25.7 Å². The third-order valence-electron chi connectivity index (χ3n) is 3.09. The Morgan fingerprint density at radius 2 is 1.94 bits per heavy atom. The molecule has 0 atom stereocenters. The van der Waals surface area contributed by atoms with Gasteiger partial charge in [0, 0.05) is 12.3 Å². The van der Waals surface area contributed by atoms with Crippen molar-refractivity contribution in [2.45, 2.75) is 40.0 Å². The van der Waals surface area contributed by atoms with Crippen molar-refractivity contribution in [1.82, 2.24) is 5.32 Å². The van der Waals surface area contributed by atoms with Gasteiger partial charge in [-0.3, -0.25) is 4.79 Å². The second kappa shape index (κ2) is 7.13. The summed E-state index contributed by atoms with van der Waals surface area (Å²) in [6.07, 6.45) is 3.40. The first-order valence-electron chi connectivity index (χ1n) is 5.88. The Bertz CT molecular complexity index is 213. The lowest BCUT2D eigenvalue weighted by molar-refractivity contribution is -0.145. The molecule has 1 aliphatic rings. The fraction of sp³-hybridized carbons (Fsp3) is 0.917. The van der Waals surface area contributed by atoms with Gasteiger partial charge in [0.2, 0.25) is 0 Å². The molecule has 16 heavy (non-hydrogen) atoms. The van der Waals surface area contributed by atoms with Gasteiger partial charge >= 0.3 is 5.97 Å². The summed E-state index contributed by atoms with van der Waals surface area (Å²) in [5.41, 5.74) is 0.227. The van der Waals surface area contributed by atoms with Gasteiger partial charge in [-0.05, 0) is 38.3 Å². The summed E-state index contributed by atoms with van der Waals surface area (Å²) in [6.45, 7) is 8.66. The highest BCUT2D eigenvalue weighted by Crippen LogP contribution is 2.35. The molecule has 0 aromatic heterocycles. The van der Waals surface area contributed by atoms with Crippen LogP contribution in [0.3, 0.4) is 0 Å². The summed E-state index contributed by atoms with van der Waals surface area (Å²) in [4.78, 5) is 10.9. The second-order valence-corrected chi connectivity index (χ2v) is 5.13. The van der Waals surface area contributed by atoms with E-state index < -0.39 is 0 Å². The van der Waals surface area contributed by atoms with Crippen molar-refractivity contribution in [3.05, 3.63) is 0 Å². The maximum absolute atomic E-state index is 10.9. The van der Waals surface area contributed by atoms with Crippen LogP contribution in [0.2, 0.25) is 0 Å². The molecule has 0 saturated carbocycles. The molecule has 0 bridgehead atoms. The van der Waals surface area contributed by atoms with Crippen LogP contribution in [0.15, 0.2) is 0 Å². The lowest BCUT2D eigenvalue weighted by Gasteiger charge is -2.38. The van der Waals surface area contributed by atoms with Crippen LogP contribution in [0.1, 0.15) is 40.0 Å². The standard InChI is InChI=1S/C12H23NO2.ClH/c1-10(2)8-12(9-15-11(3)14)4-6-13-7-5-12;/h10,13H,4-9H2,1-3H3;1H. The van der Waals surface area contributed by atoms with Gasteiger partial charge in [0.05, 0.1) is 6.61 Å². The Morgan fingerprint density at radius 3 is 2.38 bits per heavy atom. The van der Waals surface area contributed by atoms with E-state index in [2.05, 4.69) is 19.2 Å². The van der Waals surface area contributed by atoms with E-state index in [1.165, 1.54) is 6.92 Å². The minimum absolute atomic E-state index is 0. The normalized spacial score (nSPS) is 19.0. The Kier molecular flexibility index (Phi) is 7.00. The largest absolute Gasteiger partial charge is 0.465 e. The maximum atomic E-state index is 10.9. The molecule has 0 aromatic carbocycles. The van der Waals surface area contributed by atoms with Gasteiger partial charge in [0.1, 0.15) is 0 Å². The van der Waals surface area contributed by atoms with Crippen molar-refractivity contribution in [2.75, 3.05) is 19.7 Å². The van der Waals surface area contributed by atoms with Crippen LogP contribution in [0.4, 0.5) is 0 Å². The molecule has 3 nitrogen and oxygen atoms in total. The van der Waals surface area contributed by atoms with Gasteiger partial charge in [0.15, 0.2) is 0 Å². The van der Waals surface area contributed by atoms with Gasteiger partial charge < -0.3 is 10.1 Å². The molecule has 1 aliphatic heterocycles. The first-order valence-corrected chi connectivity index (χ1v) is 5.88. The van der Waals surface area contributed by atoms with Crippen molar-refractivity contribution in [3.8, 4) is 0 Å². The average molecular weight is 250 g/mol. The zero-order chi connectivity index (χ0) is 11.3. The smallest absolute Gasteiger partial charge is 0.302 e. The Labute approximate surface area is 105 Å². The number of esters is 1. The third-order valence-corrected chi connectivity index (χ3v) is 3.09. The minimum Gasteiger partial charge on any atom is -0.465 e. The van der Waals surface area contributed by atoms with E-state index in [4.69, 9.17) is 4.74 Å². The SMILES string of the molecule is CC(=O)OCC1(CC(C)C)CCNCC1.Cl. The summed E-state index contributed by atoms with van der Waals surface area (Å²) < 4.78 is 5.22. The fourth-order valence-corrected chi connectivity index (χ4v) is 2.49. The molecular formula is C12H24ClNO2. The summed E-state index contributed by atoms with van der Waals surface area (Å²) in [5, 5.41) is 3.36. The molecule has 4 heteroatoms. The van der Waals surface area contributed by atoms with Gasteiger partial charge in [-0.1, -0.05) is 13.8 Å². The minimum atomic E-state index is -0.156. The quantitative estimate of drug-likeness (QED) is 0.778. The zero-order valence-corrected chi connectivity index (χ0v) is 11.4. The highest BCUT2D eigenvalue weighted by atomic mass is 35.5. The van der Waals surface area contributed by atoms with Gasteiger partial charge in [0.25, 0.3) is 0 Å². The van der Waals surface area contributed by atoms with Crippen molar-refractivity contribution in [1.29, 1.82) is 0 Å². The lowest BCUT2D eigenvalue weighted by Crippen LogP contribution is -2.41. The summed E-state index contributed by atoms with van der Waals surface area (Å²) >= 11 is 0. The van der Waals surface area contributed by atoms with Crippen LogP contribution in [0, 0.1) is 11.3 Å². The van der Waals surface area contributed by atoms with E-state index in [-0.39, 0.29) is 23.8 Å². The molecule has 0 aromatic rings. The number of hydrogen-bond acceptors (Lipinski definition) is 3. The van der Waals surface area contributed by atoms with Crippen LogP contribution in [-0.2, 0) is 9.53 Å². The molecule has 96 valence electrons. The predicted octanol–water partition coefficient (Wildman–Crippen LogP) is 2.39. The Balaban J connectivity index is 0.00000225. The molecule has 1 rings (SSSR count). The lowest BCUT2D eigenvalue weighted by atomic mass is 9.74. The Hall–Kier alpha value is -0.280. The number of halogens is 1. The average Bonchev–Trinajstić information content (AvgIpc) is 2.15. The van der Waals surface area contributed by atoms with E-state index in [9.17, 15) is 4.79 Å². The summed E-state index contributed by atoms with van der Waals surface area (Å²) in [7, 11) is 0. The molecule has 1 heterocycles. The first kappa shape index (κ1) is 15.7. The number of carbonyl (C=O) groups is 1. The molecule has 0 amide bonds.